The summed E-state index contributed by atoms with van der Waals surface area (Å²) in [5.41, 5.74) is 5.58. The number of nitrogens with zero attached hydrogens (tertiary/aromatic N) is 1. The number of likely N-dealkylation sites (N-methyl/N-ethyl adjacent to an activating group) is 1. The van der Waals surface area contributed by atoms with Crippen LogP contribution in [0, 0.1) is 0 Å². The lowest BCUT2D eigenvalue weighted by Crippen LogP contribution is -2.23. The van der Waals surface area contributed by atoms with E-state index in [0.29, 0.717) is 6.04 Å². The molecule has 0 bridgehead atoms. The van der Waals surface area contributed by atoms with Gasteiger partial charge in [-0.05, 0) is 20.0 Å². The predicted molar refractivity (Wildman–Crippen MR) is 43.8 cm³/mol. The van der Waals surface area contributed by atoms with Gasteiger partial charge in [-0.25, -0.2) is 4.79 Å². The number of hydrogen-bond donors (Lipinski definition) is 2. The third-order valence-corrected chi connectivity index (χ3v) is 1.67. The molecule has 0 aromatic heterocycles. The standard InChI is InChI=1S/C5H12N2.C2HF3O2/c1-7-3-2-5(6)4-7;3-2(4,5)1(6)7/h5H,2-4,6H2,1H3;(H,6,7)/t5-;/m1./s1. The molecule has 3 N–H and O–H groups in total. The second kappa shape index (κ2) is 5.16. The number of rotatable bonds is 0. The van der Waals surface area contributed by atoms with Gasteiger partial charge in [-0.3, -0.25) is 0 Å². The molecule has 1 fully saturated rings. The van der Waals surface area contributed by atoms with E-state index in [1.165, 1.54) is 13.0 Å². The van der Waals surface area contributed by atoms with Gasteiger partial charge in [-0.15, -0.1) is 0 Å². The molecule has 0 radical (unpaired) electrons. The van der Waals surface area contributed by atoms with Gasteiger partial charge in [0.1, 0.15) is 0 Å². The minimum absolute atomic E-state index is 0.449. The molecule has 0 aromatic rings. The van der Waals surface area contributed by atoms with Gasteiger partial charge in [-0.2, -0.15) is 13.2 Å². The quantitative estimate of drug-likeness (QED) is 0.608. The lowest BCUT2D eigenvalue weighted by atomic mass is 10.3. The van der Waals surface area contributed by atoms with Gasteiger partial charge in [0.25, 0.3) is 0 Å². The fourth-order valence-electron chi connectivity index (χ4n) is 0.969. The summed E-state index contributed by atoms with van der Waals surface area (Å²) in [4.78, 5) is 11.2. The van der Waals surface area contributed by atoms with Crippen LogP contribution in [-0.2, 0) is 4.79 Å². The van der Waals surface area contributed by atoms with Crippen LogP contribution >= 0.6 is 0 Å². The molecule has 0 saturated carbocycles. The summed E-state index contributed by atoms with van der Waals surface area (Å²) in [6.45, 7) is 2.27. The van der Waals surface area contributed by atoms with E-state index in [2.05, 4.69) is 11.9 Å². The zero-order valence-electron chi connectivity index (χ0n) is 7.71. The largest absolute Gasteiger partial charge is 0.490 e. The Balaban J connectivity index is 0.000000241. The second-order valence-corrected chi connectivity index (χ2v) is 3.11. The van der Waals surface area contributed by atoms with E-state index in [4.69, 9.17) is 15.6 Å². The molecule has 1 saturated heterocycles. The first kappa shape index (κ1) is 13.2. The van der Waals surface area contributed by atoms with Crippen molar-refractivity contribution in [2.75, 3.05) is 20.1 Å². The SMILES string of the molecule is CN1CC[C@@H](N)C1.O=C(O)C(F)(F)F. The first-order chi connectivity index (χ1) is 6.23. The van der Waals surface area contributed by atoms with E-state index >= 15 is 0 Å². The topological polar surface area (TPSA) is 66.6 Å². The molecule has 1 atom stereocenters. The highest BCUT2D eigenvalue weighted by Gasteiger charge is 2.38. The van der Waals surface area contributed by atoms with E-state index in [9.17, 15) is 13.2 Å². The first-order valence-corrected chi connectivity index (χ1v) is 3.97. The van der Waals surface area contributed by atoms with E-state index in [1.54, 1.807) is 0 Å². The van der Waals surface area contributed by atoms with Gasteiger partial charge in [0.15, 0.2) is 0 Å². The lowest BCUT2D eigenvalue weighted by Gasteiger charge is -2.03. The normalized spacial score (nSPS) is 22.8. The van der Waals surface area contributed by atoms with Crippen molar-refractivity contribution in [1.29, 1.82) is 0 Å². The van der Waals surface area contributed by atoms with Crippen molar-refractivity contribution in [1.82, 2.24) is 4.90 Å². The zero-order valence-corrected chi connectivity index (χ0v) is 7.71. The molecular weight excluding hydrogens is 201 g/mol. The Bertz CT molecular complexity index is 188. The van der Waals surface area contributed by atoms with Crippen LogP contribution in [0.3, 0.4) is 0 Å². The summed E-state index contributed by atoms with van der Waals surface area (Å²) in [7, 11) is 2.10. The van der Waals surface area contributed by atoms with Crippen LogP contribution < -0.4 is 5.73 Å². The molecule has 1 heterocycles. The van der Waals surface area contributed by atoms with Gasteiger partial charge in [0, 0.05) is 12.6 Å². The fraction of sp³-hybridized carbons (Fsp3) is 0.857. The monoisotopic (exact) mass is 214 g/mol. The van der Waals surface area contributed by atoms with Crippen molar-refractivity contribution in [2.45, 2.75) is 18.6 Å². The highest BCUT2D eigenvalue weighted by Crippen LogP contribution is 2.13. The van der Waals surface area contributed by atoms with Crippen molar-refractivity contribution in [2.24, 2.45) is 5.73 Å². The molecule has 0 aliphatic carbocycles. The molecule has 0 amide bonds. The Hall–Kier alpha value is -0.820. The molecule has 0 aromatic carbocycles. The number of hydrogen-bond acceptors (Lipinski definition) is 3. The zero-order chi connectivity index (χ0) is 11.4. The molecule has 84 valence electrons. The molecule has 4 nitrogen and oxygen atoms in total. The molecule has 14 heavy (non-hydrogen) atoms. The molecule has 1 aliphatic heterocycles. The Labute approximate surface area is 79.5 Å². The minimum Gasteiger partial charge on any atom is -0.475 e. The van der Waals surface area contributed by atoms with Crippen molar-refractivity contribution in [3.8, 4) is 0 Å². The highest BCUT2D eigenvalue weighted by molar-refractivity contribution is 5.73. The molecule has 0 spiro atoms. The summed E-state index contributed by atoms with van der Waals surface area (Å²) in [5, 5.41) is 7.12. The van der Waals surface area contributed by atoms with Crippen LogP contribution in [0.25, 0.3) is 0 Å². The summed E-state index contributed by atoms with van der Waals surface area (Å²) < 4.78 is 31.7. The van der Waals surface area contributed by atoms with Gasteiger partial charge >= 0.3 is 12.1 Å². The Morgan fingerprint density at radius 1 is 1.57 bits per heavy atom. The molecule has 0 unspecified atom stereocenters. The van der Waals surface area contributed by atoms with E-state index in [-0.39, 0.29) is 0 Å². The number of halogens is 3. The van der Waals surface area contributed by atoms with Crippen LogP contribution in [0.2, 0.25) is 0 Å². The smallest absolute Gasteiger partial charge is 0.475 e. The number of alkyl halides is 3. The summed E-state index contributed by atoms with van der Waals surface area (Å²) in [6, 6.07) is 0.449. The number of likely N-dealkylation sites (tertiary alicyclic amines) is 1. The maximum atomic E-state index is 10.6. The average Bonchev–Trinajstić information content (AvgIpc) is 2.33. The van der Waals surface area contributed by atoms with Crippen LogP contribution in [0.15, 0.2) is 0 Å². The summed E-state index contributed by atoms with van der Waals surface area (Å²) in [6.07, 6.45) is -3.91. The Kier molecular flexibility index (Phi) is 4.86. The van der Waals surface area contributed by atoms with Gasteiger partial charge in [0.05, 0.1) is 0 Å². The Morgan fingerprint density at radius 3 is 2.07 bits per heavy atom. The van der Waals surface area contributed by atoms with Crippen LogP contribution in [0.1, 0.15) is 6.42 Å². The van der Waals surface area contributed by atoms with Crippen LogP contribution in [-0.4, -0.2) is 48.3 Å². The molecule has 7 heteroatoms. The number of carboxylic acids is 1. The minimum atomic E-state index is -5.08. The van der Waals surface area contributed by atoms with E-state index in [0.717, 1.165) is 6.54 Å². The maximum absolute atomic E-state index is 10.6. The predicted octanol–water partition coefficient (Wildman–Crippen LogP) is 0.282. The molecule has 1 aliphatic rings. The summed E-state index contributed by atoms with van der Waals surface area (Å²) in [5.74, 6) is -2.76. The number of carbonyl (C=O) groups is 1. The molecule has 1 rings (SSSR count). The van der Waals surface area contributed by atoms with Crippen molar-refractivity contribution < 1.29 is 23.1 Å². The average molecular weight is 214 g/mol. The summed E-state index contributed by atoms with van der Waals surface area (Å²) >= 11 is 0. The number of aliphatic carboxylic acids is 1. The van der Waals surface area contributed by atoms with Crippen LogP contribution in [0.4, 0.5) is 13.2 Å². The third kappa shape index (κ3) is 5.76. The highest BCUT2D eigenvalue weighted by atomic mass is 19.4. The Morgan fingerprint density at radius 2 is 2.00 bits per heavy atom. The van der Waals surface area contributed by atoms with Gasteiger partial charge in [0.2, 0.25) is 0 Å². The lowest BCUT2D eigenvalue weighted by molar-refractivity contribution is -0.192. The maximum Gasteiger partial charge on any atom is 0.490 e. The second-order valence-electron chi connectivity index (χ2n) is 3.11. The van der Waals surface area contributed by atoms with Crippen molar-refractivity contribution in [3.63, 3.8) is 0 Å². The van der Waals surface area contributed by atoms with E-state index in [1.807, 2.05) is 0 Å². The molecular formula is C7H13F3N2O2. The van der Waals surface area contributed by atoms with Crippen molar-refractivity contribution in [3.05, 3.63) is 0 Å². The van der Waals surface area contributed by atoms with E-state index < -0.39 is 12.1 Å². The number of carboxylic acid groups (broad SMARTS) is 1. The third-order valence-electron chi connectivity index (χ3n) is 1.67. The van der Waals surface area contributed by atoms with Crippen LogP contribution in [0.5, 0.6) is 0 Å². The van der Waals surface area contributed by atoms with Gasteiger partial charge < -0.3 is 15.7 Å². The van der Waals surface area contributed by atoms with Crippen molar-refractivity contribution >= 4 is 5.97 Å². The number of nitrogens with two attached hydrogens (primary N) is 1. The fourth-order valence-corrected chi connectivity index (χ4v) is 0.969. The first-order valence-electron chi connectivity index (χ1n) is 3.97. The van der Waals surface area contributed by atoms with Gasteiger partial charge in [-0.1, -0.05) is 0 Å².